The summed E-state index contributed by atoms with van der Waals surface area (Å²) in [7, 11) is 0. The molecule has 0 aliphatic rings. The Bertz CT molecular complexity index is 685. The van der Waals surface area contributed by atoms with Crippen LogP contribution >= 0.6 is 0 Å². The average molecular weight is 286 g/mol. The van der Waals surface area contributed by atoms with Crippen LogP contribution < -0.4 is 0 Å². The van der Waals surface area contributed by atoms with E-state index in [1.54, 1.807) is 24.4 Å². The molecule has 4 nitrogen and oxygen atoms in total. The van der Waals surface area contributed by atoms with E-state index >= 15 is 0 Å². The highest BCUT2D eigenvalue weighted by Gasteiger charge is 2.19. The molecule has 4 heteroatoms. The zero-order valence-electron chi connectivity index (χ0n) is 13.5. The first-order chi connectivity index (χ1) is 9.81. The maximum Gasteiger partial charge on any atom is 0.418 e. The van der Waals surface area contributed by atoms with Gasteiger partial charge in [0.05, 0.1) is 17.1 Å². The van der Waals surface area contributed by atoms with Gasteiger partial charge < -0.3 is 4.74 Å². The summed E-state index contributed by atoms with van der Waals surface area (Å²) in [6, 6.07) is 7.35. The molecule has 0 radical (unpaired) electrons. The number of fused-ring (bicyclic) bond motifs is 1. The Kier molecular flexibility index (Phi) is 5.15. The third-order valence-corrected chi connectivity index (χ3v) is 2.72. The van der Waals surface area contributed by atoms with Gasteiger partial charge in [0.1, 0.15) is 5.60 Å². The molecule has 0 aliphatic carbocycles. The number of nitrogens with zero attached hydrogens (tertiary/aromatic N) is 2. The number of ether oxygens (including phenoxy) is 1. The van der Waals surface area contributed by atoms with Crippen LogP contribution in [0.1, 0.15) is 45.7 Å². The van der Waals surface area contributed by atoms with E-state index in [0.29, 0.717) is 5.56 Å². The molecule has 0 bridgehead atoms. The van der Waals surface area contributed by atoms with Crippen molar-refractivity contribution in [2.24, 2.45) is 0 Å². The Hall–Kier alpha value is -2.28. The predicted molar refractivity (Wildman–Crippen MR) is 84.4 cm³/mol. The number of benzene rings is 1. The number of hydrogen-bond acceptors (Lipinski definition) is 3. The quantitative estimate of drug-likeness (QED) is 0.709. The summed E-state index contributed by atoms with van der Waals surface area (Å²) in [5.41, 5.74) is 1.75. The Labute approximate surface area is 125 Å². The normalized spacial score (nSPS) is 10.5. The lowest BCUT2D eigenvalue weighted by Crippen LogP contribution is -2.26. The lowest BCUT2D eigenvalue weighted by atomic mass is 10.1. The van der Waals surface area contributed by atoms with Crippen LogP contribution in [0.5, 0.6) is 0 Å². The minimum Gasteiger partial charge on any atom is -0.443 e. The van der Waals surface area contributed by atoms with E-state index in [-0.39, 0.29) is 0 Å². The summed E-state index contributed by atoms with van der Waals surface area (Å²) >= 11 is 0. The van der Waals surface area contributed by atoms with Crippen LogP contribution in [0.15, 0.2) is 24.4 Å². The van der Waals surface area contributed by atoms with Crippen molar-refractivity contribution in [2.45, 2.75) is 47.1 Å². The summed E-state index contributed by atoms with van der Waals surface area (Å²) in [6.07, 6.45) is 1.33. The number of aryl methyl sites for hydroxylation is 1. The van der Waals surface area contributed by atoms with Gasteiger partial charge in [-0.3, -0.25) is 4.57 Å². The first kappa shape index (κ1) is 16.8. The maximum absolute atomic E-state index is 12.1. The van der Waals surface area contributed by atoms with Crippen molar-refractivity contribution in [2.75, 3.05) is 0 Å². The molecular formula is C17H22N2O2. The summed E-state index contributed by atoms with van der Waals surface area (Å²) in [6.45, 7) is 11.4. The molecule has 21 heavy (non-hydrogen) atoms. The van der Waals surface area contributed by atoms with Crippen LogP contribution in [0.3, 0.4) is 0 Å². The molecule has 0 amide bonds. The van der Waals surface area contributed by atoms with Crippen LogP contribution in [0.2, 0.25) is 0 Å². The van der Waals surface area contributed by atoms with Gasteiger partial charge in [0.2, 0.25) is 0 Å². The second-order valence-corrected chi connectivity index (χ2v) is 5.51. The van der Waals surface area contributed by atoms with Crippen LogP contribution in [-0.4, -0.2) is 16.3 Å². The fourth-order valence-corrected chi connectivity index (χ4v) is 1.93. The molecule has 1 aromatic carbocycles. The van der Waals surface area contributed by atoms with Crippen molar-refractivity contribution in [3.8, 4) is 6.07 Å². The molecule has 0 saturated heterocycles. The molecule has 1 aromatic heterocycles. The molecule has 2 rings (SSSR count). The number of nitriles is 1. The highest BCUT2D eigenvalue weighted by atomic mass is 16.6. The van der Waals surface area contributed by atoms with Gasteiger partial charge in [-0.05, 0) is 51.5 Å². The second kappa shape index (κ2) is 6.45. The number of rotatable bonds is 0. The first-order valence-corrected chi connectivity index (χ1v) is 7.07. The molecule has 0 atom stereocenters. The minimum atomic E-state index is -0.534. The smallest absolute Gasteiger partial charge is 0.418 e. The highest BCUT2D eigenvalue weighted by Crippen LogP contribution is 2.23. The Morgan fingerprint density at radius 1 is 1.29 bits per heavy atom. The zero-order valence-corrected chi connectivity index (χ0v) is 13.5. The summed E-state index contributed by atoms with van der Waals surface area (Å²) in [5.74, 6) is 0. The topological polar surface area (TPSA) is 55.0 Å². The van der Waals surface area contributed by atoms with Crippen molar-refractivity contribution in [3.05, 3.63) is 35.5 Å². The molecule has 0 N–H and O–H groups in total. The van der Waals surface area contributed by atoms with E-state index in [1.807, 2.05) is 41.5 Å². The monoisotopic (exact) mass is 286 g/mol. The first-order valence-electron chi connectivity index (χ1n) is 7.07. The van der Waals surface area contributed by atoms with E-state index < -0.39 is 11.7 Å². The number of aromatic nitrogens is 1. The van der Waals surface area contributed by atoms with E-state index in [0.717, 1.165) is 16.5 Å². The molecular weight excluding hydrogens is 264 g/mol. The lowest BCUT2D eigenvalue weighted by molar-refractivity contribution is 0.0544. The van der Waals surface area contributed by atoms with Gasteiger partial charge in [-0.2, -0.15) is 5.26 Å². The summed E-state index contributed by atoms with van der Waals surface area (Å²) in [4.78, 5) is 12.1. The fraction of sp³-hybridized carbons (Fsp3) is 0.412. The third-order valence-electron chi connectivity index (χ3n) is 2.72. The minimum absolute atomic E-state index is 0.407. The van der Waals surface area contributed by atoms with Gasteiger partial charge in [-0.25, -0.2) is 4.79 Å². The van der Waals surface area contributed by atoms with Crippen LogP contribution in [0, 0.1) is 18.3 Å². The number of carbonyl (C=O) groups is 1. The Morgan fingerprint density at radius 2 is 1.90 bits per heavy atom. The molecule has 0 fully saturated rings. The third kappa shape index (κ3) is 3.85. The average Bonchev–Trinajstić information content (AvgIpc) is 2.76. The van der Waals surface area contributed by atoms with Crippen LogP contribution in [0.4, 0.5) is 4.79 Å². The van der Waals surface area contributed by atoms with Gasteiger partial charge >= 0.3 is 6.09 Å². The molecule has 0 spiro atoms. The molecule has 0 saturated carbocycles. The van der Waals surface area contributed by atoms with Crippen LogP contribution in [-0.2, 0) is 4.74 Å². The second-order valence-electron chi connectivity index (χ2n) is 5.51. The van der Waals surface area contributed by atoms with Crippen LogP contribution in [0.25, 0.3) is 10.9 Å². The van der Waals surface area contributed by atoms with Gasteiger partial charge in [-0.1, -0.05) is 13.8 Å². The van der Waals surface area contributed by atoms with Crippen molar-refractivity contribution >= 4 is 17.0 Å². The van der Waals surface area contributed by atoms with E-state index in [2.05, 4.69) is 6.07 Å². The standard InChI is InChI=1S/C15H16N2O2.C2H6/c1-10-9-17(14(18)19-15(2,3)4)13-6-5-11(8-16)7-12(10)13;1-2/h5-7,9H,1-4H3;1-2H3. The lowest BCUT2D eigenvalue weighted by Gasteiger charge is -2.19. The van der Waals surface area contributed by atoms with Crippen molar-refractivity contribution < 1.29 is 9.53 Å². The number of hydrogen-bond donors (Lipinski definition) is 0. The molecule has 1 heterocycles. The van der Waals surface area contributed by atoms with Gasteiger partial charge in [0.25, 0.3) is 0 Å². The maximum atomic E-state index is 12.1. The number of carbonyl (C=O) groups excluding carboxylic acids is 1. The van der Waals surface area contributed by atoms with Gasteiger partial charge in [0, 0.05) is 11.6 Å². The largest absolute Gasteiger partial charge is 0.443 e. The molecule has 0 unspecified atom stereocenters. The van der Waals surface area contributed by atoms with Crippen molar-refractivity contribution in [1.29, 1.82) is 5.26 Å². The molecule has 0 aliphatic heterocycles. The molecule has 2 aromatic rings. The summed E-state index contributed by atoms with van der Waals surface area (Å²) in [5, 5.41) is 9.80. The fourth-order valence-electron chi connectivity index (χ4n) is 1.93. The van der Waals surface area contributed by atoms with E-state index in [9.17, 15) is 4.79 Å². The van der Waals surface area contributed by atoms with E-state index in [1.165, 1.54) is 4.57 Å². The Balaban J connectivity index is 0.00000106. The van der Waals surface area contributed by atoms with E-state index in [4.69, 9.17) is 10.00 Å². The molecule has 112 valence electrons. The van der Waals surface area contributed by atoms with Gasteiger partial charge in [0.15, 0.2) is 0 Å². The zero-order chi connectivity index (χ0) is 16.2. The SMILES string of the molecule is CC.Cc1cn(C(=O)OC(C)(C)C)c2ccc(C#N)cc12. The summed E-state index contributed by atoms with van der Waals surface area (Å²) < 4.78 is 6.84. The van der Waals surface area contributed by atoms with Crippen molar-refractivity contribution in [1.82, 2.24) is 4.57 Å². The highest BCUT2D eigenvalue weighted by molar-refractivity contribution is 5.92. The Morgan fingerprint density at radius 3 is 2.43 bits per heavy atom. The van der Waals surface area contributed by atoms with Crippen molar-refractivity contribution in [3.63, 3.8) is 0 Å². The predicted octanol–water partition coefficient (Wildman–Crippen LogP) is 4.63. The van der Waals surface area contributed by atoms with Gasteiger partial charge in [-0.15, -0.1) is 0 Å².